The summed E-state index contributed by atoms with van der Waals surface area (Å²) >= 11 is 0. The lowest BCUT2D eigenvalue weighted by Gasteiger charge is -2.24. The average molecular weight is 269 g/mol. The molecule has 0 saturated heterocycles. The van der Waals surface area contributed by atoms with Crippen molar-refractivity contribution < 1.29 is 5.11 Å². The second-order valence-electron chi connectivity index (χ2n) is 5.14. The first kappa shape index (κ1) is 14.6. The van der Waals surface area contributed by atoms with Crippen molar-refractivity contribution in [3.8, 4) is 0 Å². The molecule has 106 valence electrons. The van der Waals surface area contributed by atoms with Crippen molar-refractivity contribution in [1.82, 2.24) is 0 Å². The average Bonchev–Trinajstić information content (AvgIpc) is 2.52. The highest BCUT2D eigenvalue weighted by atomic mass is 16.3. The molecule has 0 aliphatic carbocycles. The van der Waals surface area contributed by atoms with E-state index in [2.05, 4.69) is 42.3 Å². The van der Waals surface area contributed by atoms with Gasteiger partial charge in [-0.25, -0.2) is 0 Å². The number of nitrogens with zero attached hydrogens (tertiary/aromatic N) is 1. The predicted molar refractivity (Wildman–Crippen MR) is 85.1 cm³/mol. The van der Waals surface area contributed by atoms with E-state index in [0.29, 0.717) is 0 Å². The zero-order valence-electron chi connectivity index (χ0n) is 12.3. The number of para-hydroxylation sites is 1. The monoisotopic (exact) mass is 269 g/mol. The molecule has 0 fully saturated rings. The number of likely N-dealkylation sites (N-methyl/N-ethyl adjacent to an activating group) is 1. The van der Waals surface area contributed by atoms with Crippen LogP contribution < -0.4 is 4.90 Å². The van der Waals surface area contributed by atoms with E-state index in [0.717, 1.165) is 30.6 Å². The van der Waals surface area contributed by atoms with Gasteiger partial charge in [-0.2, -0.15) is 0 Å². The Morgan fingerprint density at radius 2 is 1.65 bits per heavy atom. The van der Waals surface area contributed by atoms with Gasteiger partial charge >= 0.3 is 0 Å². The molecule has 1 N–H and O–H groups in total. The number of hydrogen-bond donors (Lipinski definition) is 1. The molecule has 0 aliphatic rings. The van der Waals surface area contributed by atoms with Crippen molar-refractivity contribution in [3.63, 3.8) is 0 Å². The normalized spacial score (nSPS) is 12.2. The van der Waals surface area contributed by atoms with Crippen LogP contribution in [0.4, 0.5) is 5.69 Å². The van der Waals surface area contributed by atoms with Gasteiger partial charge < -0.3 is 10.0 Å². The van der Waals surface area contributed by atoms with Crippen LogP contribution in [0.3, 0.4) is 0 Å². The maximum absolute atomic E-state index is 10.1. The maximum Gasteiger partial charge on any atom is 0.0807 e. The fraction of sp³-hybridized carbons (Fsp3) is 0.333. The quantitative estimate of drug-likeness (QED) is 0.862. The summed E-state index contributed by atoms with van der Waals surface area (Å²) in [6, 6.07) is 18.6. The molecule has 1 atom stereocenters. The van der Waals surface area contributed by atoms with E-state index in [4.69, 9.17) is 0 Å². The minimum atomic E-state index is -0.384. The molecule has 0 heterocycles. The lowest BCUT2D eigenvalue weighted by atomic mass is 10.0. The molecule has 0 radical (unpaired) electrons. The lowest BCUT2D eigenvalue weighted by molar-refractivity contribution is 0.174. The smallest absolute Gasteiger partial charge is 0.0807 e. The first-order valence-corrected chi connectivity index (χ1v) is 7.24. The second kappa shape index (κ2) is 7.11. The molecule has 0 amide bonds. The topological polar surface area (TPSA) is 23.5 Å². The van der Waals surface area contributed by atoms with E-state index in [1.807, 2.05) is 31.2 Å². The van der Waals surface area contributed by atoms with E-state index in [-0.39, 0.29) is 6.10 Å². The van der Waals surface area contributed by atoms with E-state index in [1.165, 1.54) is 5.56 Å². The van der Waals surface area contributed by atoms with Gasteiger partial charge in [0.25, 0.3) is 0 Å². The highest BCUT2D eigenvalue weighted by Gasteiger charge is 2.12. The van der Waals surface area contributed by atoms with Crippen molar-refractivity contribution in [2.45, 2.75) is 25.9 Å². The van der Waals surface area contributed by atoms with Crippen LogP contribution in [0.15, 0.2) is 54.6 Å². The van der Waals surface area contributed by atoms with E-state index in [1.54, 1.807) is 0 Å². The fourth-order valence-corrected chi connectivity index (χ4v) is 2.40. The van der Waals surface area contributed by atoms with Gasteiger partial charge in [0, 0.05) is 24.8 Å². The molecular formula is C18H23NO. The Labute approximate surface area is 121 Å². The van der Waals surface area contributed by atoms with Gasteiger partial charge in [-0.05, 0) is 24.5 Å². The molecule has 0 unspecified atom stereocenters. The summed E-state index contributed by atoms with van der Waals surface area (Å²) in [5.74, 6) is 0. The molecule has 2 aromatic carbocycles. The number of anilines is 1. The number of rotatable bonds is 6. The van der Waals surface area contributed by atoms with Crippen molar-refractivity contribution in [2.24, 2.45) is 0 Å². The highest BCUT2D eigenvalue weighted by molar-refractivity contribution is 5.54. The molecule has 2 heteroatoms. The van der Waals surface area contributed by atoms with Crippen molar-refractivity contribution >= 4 is 5.69 Å². The van der Waals surface area contributed by atoms with Gasteiger partial charge in [0.2, 0.25) is 0 Å². The molecule has 0 spiro atoms. The molecule has 0 aromatic heterocycles. The van der Waals surface area contributed by atoms with Crippen LogP contribution >= 0.6 is 0 Å². The predicted octanol–water partition coefficient (Wildman–Crippen LogP) is 3.81. The Morgan fingerprint density at radius 3 is 2.35 bits per heavy atom. The summed E-state index contributed by atoms with van der Waals surface area (Å²) in [6.45, 7) is 2.95. The Bertz CT molecular complexity index is 524. The van der Waals surface area contributed by atoms with Crippen molar-refractivity contribution in [2.75, 3.05) is 18.5 Å². The molecule has 0 aliphatic heterocycles. The van der Waals surface area contributed by atoms with Crippen LogP contribution in [0, 0.1) is 0 Å². The van der Waals surface area contributed by atoms with Crippen LogP contribution in [0.2, 0.25) is 0 Å². The lowest BCUT2D eigenvalue weighted by Crippen LogP contribution is -2.22. The highest BCUT2D eigenvalue weighted by Crippen LogP contribution is 2.27. The maximum atomic E-state index is 10.1. The molecule has 20 heavy (non-hydrogen) atoms. The molecular weight excluding hydrogens is 246 g/mol. The standard InChI is InChI=1S/C18H23NO/c1-3-18(20)16-11-7-8-12-17(16)19(2)14-13-15-9-5-4-6-10-15/h4-12,18,20H,3,13-14H2,1-2H3/t18-/m1/s1. The van der Waals surface area contributed by atoms with Crippen LogP contribution in [-0.4, -0.2) is 18.7 Å². The summed E-state index contributed by atoms with van der Waals surface area (Å²) in [5.41, 5.74) is 3.48. The van der Waals surface area contributed by atoms with Gasteiger partial charge in [-0.15, -0.1) is 0 Å². The molecule has 2 nitrogen and oxygen atoms in total. The third kappa shape index (κ3) is 3.61. The van der Waals surface area contributed by atoms with E-state index >= 15 is 0 Å². The third-order valence-corrected chi connectivity index (χ3v) is 3.67. The minimum Gasteiger partial charge on any atom is -0.388 e. The number of aliphatic hydroxyl groups excluding tert-OH is 1. The summed E-state index contributed by atoms with van der Waals surface area (Å²) in [5, 5.41) is 10.1. The van der Waals surface area contributed by atoms with Crippen LogP contribution in [0.25, 0.3) is 0 Å². The van der Waals surface area contributed by atoms with Crippen molar-refractivity contribution in [3.05, 3.63) is 65.7 Å². The van der Waals surface area contributed by atoms with Crippen LogP contribution in [0.1, 0.15) is 30.6 Å². The molecule has 2 aromatic rings. The first-order valence-electron chi connectivity index (χ1n) is 7.24. The summed E-state index contributed by atoms with van der Waals surface area (Å²) in [6.07, 6.45) is 1.36. The third-order valence-electron chi connectivity index (χ3n) is 3.67. The van der Waals surface area contributed by atoms with Crippen LogP contribution in [-0.2, 0) is 6.42 Å². The fourth-order valence-electron chi connectivity index (χ4n) is 2.40. The van der Waals surface area contributed by atoms with Crippen molar-refractivity contribution in [1.29, 1.82) is 0 Å². The minimum absolute atomic E-state index is 0.384. The van der Waals surface area contributed by atoms with Crippen LogP contribution in [0.5, 0.6) is 0 Å². The van der Waals surface area contributed by atoms with Gasteiger partial charge in [-0.3, -0.25) is 0 Å². The molecule has 0 bridgehead atoms. The zero-order chi connectivity index (χ0) is 14.4. The summed E-state index contributed by atoms with van der Waals surface area (Å²) in [7, 11) is 2.09. The zero-order valence-corrected chi connectivity index (χ0v) is 12.3. The number of aliphatic hydroxyl groups is 1. The van der Waals surface area contributed by atoms with E-state index in [9.17, 15) is 5.11 Å². The number of hydrogen-bond acceptors (Lipinski definition) is 2. The van der Waals surface area contributed by atoms with E-state index < -0.39 is 0 Å². The second-order valence-corrected chi connectivity index (χ2v) is 5.14. The molecule has 0 saturated carbocycles. The Kier molecular flexibility index (Phi) is 5.19. The Morgan fingerprint density at radius 1 is 1.00 bits per heavy atom. The van der Waals surface area contributed by atoms with Gasteiger partial charge in [0.05, 0.1) is 6.10 Å². The van der Waals surface area contributed by atoms with Gasteiger partial charge in [-0.1, -0.05) is 55.5 Å². The summed E-state index contributed by atoms with van der Waals surface area (Å²) < 4.78 is 0. The summed E-state index contributed by atoms with van der Waals surface area (Å²) in [4.78, 5) is 2.22. The van der Waals surface area contributed by atoms with Gasteiger partial charge in [0.15, 0.2) is 0 Å². The van der Waals surface area contributed by atoms with Gasteiger partial charge in [0.1, 0.15) is 0 Å². The Hall–Kier alpha value is -1.80. The SMILES string of the molecule is CC[C@@H](O)c1ccccc1N(C)CCc1ccccc1. The molecule has 2 rings (SSSR count). The largest absolute Gasteiger partial charge is 0.388 e. The Balaban J connectivity index is 2.07. The number of benzene rings is 2. The first-order chi connectivity index (χ1) is 9.72.